The molecule has 1 amide bonds. The van der Waals surface area contributed by atoms with Gasteiger partial charge in [-0.3, -0.25) is 9.59 Å². The molecule has 1 unspecified atom stereocenters. The number of hydrogen-bond donors (Lipinski definition) is 2. The first-order valence-electron chi connectivity index (χ1n) is 9.07. The summed E-state index contributed by atoms with van der Waals surface area (Å²) in [5, 5.41) is 20.8. The number of carbonyl (C=O) groups is 2. The highest BCUT2D eigenvalue weighted by atomic mass is 16.4. The van der Waals surface area contributed by atoms with Crippen LogP contribution in [-0.4, -0.2) is 23.0 Å². The molecule has 0 saturated heterocycles. The number of carboxylic acid groups (broad SMARTS) is 1. The van der Waals surface area contributed by atoms with Crippen LogP contribution < -0.4 is 5.32 Å². The second-order valence-corrected chi connectivity index (χ2v) is 6.88. The van der Waals surface area contributed by atoms with Crippen molar-refractivity contribution in [3.63, 3.8) is 0 Å². The van der Waals surface area contributed by atoms with E-state index in [1.54, 1.807) is 18.2 Å². The van der Waals surface area contributed by atoms with E-state index in [1.165, 1.54) is 19.3 Å². The van der Waals surface area contributed by atoms with Crippen LogP contribution in [0.15, 0.2) is 24.3 Å². The van der Waals surface area contributed by atoms with Crippen LogP contribution in [0.4, 0.5) is 0 Å². The number of nitriles is 1. The van der Waals surface area contributed by atoms with E-state index in [9.17, 15) is 9.59 Å². The molecule has 1 fully saturated rings. The van der Waals surface area contributed by atoms with E-state index in [4.69, 9.17) is 10.4 Å². The van der Waals surface area contributed by atoms with Gasteiger partial charge in [0.15, 0.2) is 0 Å². The van der Waals surface area contributed by atoms with Gasteiger partial charge in [0.05, 0.1) is 12.5 Å². The van der Waals surface area contributed by atoms with Crippen LogP contribution >= 0.6 is 0 Å². The van der Waals surface area contributed by atoms with E-state index in [0.29, 0.717) is 17.9 Å². The molecule has 0 spiro atoms. The number of benzene rings is 1. The molecule has 0 aliphatic heterocycles. The molecule has 134 valence electrons. The number of nitrogens with one attached hydrogen (secondary N) is 1. The van der Waals surface area contributed by atoms with Crippen LogP contribution in [-0.2, 0) is 11.2 Å². The van der Waals surface area contributed by atoms with Crippen molar-refractivity contribution in [3.05, 3.63) is 35.4 Å². The number of aliphatic carboxylic acids is 1. The lowest BCUT2D eigenvalue weighted by molar-refractivity contribution is -0.137. The Kier molecular flexibility index (Phi) is 7.46. The summed E-state index contributed by atoms with van der Waals surface area (Å²) in [7, 11) is 0. The first-order chi connectivity index (χ1) is 12.1. The van der Waals surface area contributed by atoms with E-state index < -0.39 is 5.97 Å². The highest BCUT2D eigenvalue weighted by molar-refractivity contribution is 5.94. The largest absolute Gasteiger partial charge is 0.481 e. The Balaban J connectivity index is 2.00. The van der Waals surface area contributed by atoms with Gasteiger partial charge in [-0.25, -0.2) is 0 Å². The molecular formula is C20H26N2O3. The van der Waals surface area contributed by atoms with Crippen LogP contribution in [0.2, 0.25) is 0 Å². The second kappa shape index (κ2) is 9.83. The number of carboxylic acids is 1. The predicted octanol–water partition coefficient (Wildman–Crippen LogP) is 3.69. The molecule has 1 aliphatic rings. The van der Waals surface area contributed by atoms with Gasteiger partial charge in [0.2, 0.25) is 0 Å². The van der Waals surface area contributed by atoms with Crippen LogP contribution in [0, 0.1) is 17.2 Å². The maximum Gasteiger partial charge on any atom is 0.303 e. The van der Waals surface area contributed by atoms with Crippen molar-refractivity contribution in [2.75, 3.05) is 0 Å². The normalized spacial score (nSPS) is 16.0. The molecule has 2 rings (SSSR count). The zero-order chi connectivity index (χ0) is 18.1. The van der Waals surface area contributed by atoms with Crippen molar-refractivity contribution in [1.29, 1.82) is 5.26 Å². The first-order valence-corrected chi connectivity index (χ1v) is 9.07. The highest BCUT2D eigenvalue weighted by Crippen LogP contribution is 2.28. The zero-order valence-electron chi connectivity index (χ0n) is 14.5. The lowest BCUT2D eigenvalue weighted by Gasteiger charge is -2.27. The van der Waals surface area contributed by atoms with Crippen LogP contribution in [0.25, 0.3) is 0 Å². The van der Waals surface area contributed by atoms with Crippen LogP contribution in [0.3, 0.4) is 0 Å². The average molecular weight is 342 g/mol. The van der Waals surface area contributed by atoms with E-state index in [0.717, 1.165) is 24.8 Å². The van der Waals surface area contributed by atoms with Gasteiger partial charge in [-0.1, -0.05) is 44.2 Å². The number of nitrogens with zero attached hydrogens (tertiary/aromatic N) is 1. The molecule has 5 heteroatoms. The summed E-state index contributed by atoms with van der Waals surface area (Å²) in [5.41, 5.74) is 1.33. The molecule has 0 aromatic heterocycles. The van der Waals surface area contributed by atoms with Gasteiger partial charge < -0.3 is 10.4 Å². The van der Waals surface area contributed by atoms with Gasteiger partial charge in [0, 0.05) is 18.0 Å². The molecule has 0 bridgehead atoms. The Bertz CT molecular complexity index is 630. The summed E-state index contributed by atoms with van der Waals surface area (Å²) < 4.78 is 0. The molecule has 1 aromatic rings. The van der Waals surface area contributed by atoms with Crippen molar-refractivity contribution >= 4 is 11.9 Å². The quantitative estimate of drug-likeness (QED) is 0.754. The molecule has 1 aliphatic carbocycles. The Morgan fingerprint density at radius 3 is 2.72 bits per heavy atom. The topological polar surface area (TPSA) is 90.2 Å². The summed E-state index contributed by atoms with van der Waals surface area (Å²) in [6, 6.07) is 9.01. The Hall–Kier alpha value is -2.35. The number of carbonyl (C=O) groups excluding carboxylic acids is 1. The predicted molar refractivity (Wildman–Crippen MR) is 95.1 cm³/mol. The minimum absolute atomic E-state index is 0.0616. The van der Waals surface area contributed by atoms with E-state index >= 15 is 0 Å². The standard InChI is InChI=1S/C20H26N2O3/c21-12-11-16-7-4-8-17(13-16)20(25)22-18(9-10-19(23)24)14-15-5-2-1-3-6-15/h4,7-8,13,15,18H,1-3,5-6,9-11,14H2,(H,22,25)(H,23,24). The summed E-state index contributed by atoms with van der Waals surface area (Å²) in [6.07, 6.45) is 7.67. The number of rotatable bonds is 8. The third-order valence-electron chi connectivity index (χ3n) is 4.86. The fraction of sp³-hybridized carbons (Fsp3) is 0.550. The molecule has 1 aromatic carbocycles. The zero-order valence-corrected chi connectivity index (χ0v) is 14.5. The first kappa shape index (κ1) is 19.0. The molecular weight excluding hydrogens is 316 g/mol. The Morgan fingerprint density at radius 1 is 1.28 bits per heavy atom. The molecule has 0 radical (unpaired) electrons. The van der Waals surface area contributed by atoms with Crippen molar-refractivity contribution in [2.24, 2.45) is 5.92 Å². The fourth-order valence-electron chi connectivity index (χ4n) is 3.55. The average Bonchev–Trinajstić information content (AvgIpc) is 2.61. The minimum atomic E-state index is -0.834. The molecule has 1 saturated carbocycles. The van der Waals surface area contributed by atoms with Crippen molar-refractivity contribution < 1.29 is 14.7 Å². The van der Waals surface area contributed by atoms with Gasteiger partial charge in [-0.05, 0) is 36.5 Å². The van der Waals surface area contributed by atoms with Gasteiger partial charge in [0.25, 0.3) is 5.91 Å². The summed E-state index contributed by atoms with van der Waals surface area (Å²) in [6.45, 7) is 0. The van der Waals surface area contributed by atoms with Gasteiger partial charge in [-0.2, -0.15) is 5.26 Å². The lowest BCUT2D eigenvalue weighted by Crippen LogP contribution is -2.37. The van der Waals surface area contributed by atoms with Crippen LogP contribution in [0.1, 0.15) is 67.3 Å². The molecule has 2 N–H and O–H groups in total. The Morgan fingerprint density at radius 2 is 2.04 bits per heavy atom. The molecule has 5 nitrogen and oxygen atoms in total. The lowest BCUT2D eigenvalue weighted by atomic mass is 9.84. The third kappa shape index (κ3) is 6.58. The van der Waals surface area contributed by atoms with Gasteiger partial charge in [-0.15, -0.1) is 0 Å². The smallest absolute Gasteiger partial charge is 0.303 e. The highest BCUT2D eigenvalue weighted by Gasteiger charge is 2.21. The Labute approximate surface area is 149 Å². The van der Waals surface area contributed by atoms with Crippen LogP contribution in [0.5, 0.6) is 0 Å². The fourth-order valence-corrected chi connectivity index (χ4v) is 3.55. The van der Waals surface area contributed by atoms with Crippen molar-refractivity contribution in [1.82, 2.24) is 5.32 Å². The van der Waals surface area contributed by atoms with Gasteiger partial charge >= 0.3 is 5.97 Å². The number of amides is 1. The molecule has 25 heavy (non-hydrogen) atoms. The summed E-state index contributed by atoms with van der Waals surface area (Å²) in [5.74, 6) is -0.456. The summed E-state index contributed by atoms with van der Waals surface area (Å²) in [4.78, 5) is 23.5. The van der Waals surface area contributed by atoms with Gasteiger partial charge in [0.1, 0.15) is 0 Å². The third-order valence-corrected chi connectivity index (χ3v) is 4.86. The van der Waals surface area contributed by atoms with E-state index in [2.05, 4.69) is 11.4 Å². The second-order valence-electron chi connectivity index (χ2n) is 6.88. The van der Waals surface area contributed by atoms with E-state index in [-0.39, 0.29) is 24.8 Å². The molecule has 0 heterocycles. The minimum Gasteiger partial charge on any atom is -0.481 e. The van der Waals surface area contributed by atoms with E-state index in [1.807, 2.05) is 6.07 Å². The molecule has 1 atom stereocenters. The monoisotopic (exact) mass is 342 g/mol. The maximum absolute atomic E-state index is 12.6. The SMILES string of the molecule is N#CCc1cccc(C(=O)NC(CCC(=O)O)CC2CCCCC2)c1. The number of hydrogen-bond acceptors (Lipinski definition) is 3. The summed E-state index contributed by atoms with van der Waals surface area (Å²) >= 11 is 0. The maximum atomic E-state index is 12.6. The van der Waals surface area contributed by atoms with Crippen molar-refractivity contribution in [2.45, 2.75) is 63.8 Å². The van der Waals surface area contributed by atoms with Crippen molar-refractivity contribution in [3.8, 4) is 6.07 Å².